The molecular formula is C13H18N4O2S. The van der Waals surface area contributed by atoms with Gasteiger partial charge in [-0.15, -0.1) is 5.10 Å². The molecule has 0 saturated heterocycles. The molecule has 0 aromatic carbocycles. The molecule has 0 unspecified atom stereocenters. The van der Waals surface area contributed by atoms with Crippen molar-refractivity contribution in [3.8, 4) is 0 Å². The smallest absolute Gasteiger partial charge is 0.343 e. The van der Waals surface area contributed by atoms with Crippen LogP contribution in [-0.2, 0) is 6.54 Å². The summed E-state index contributed by atoms with van der Waals surface area (Å²) in [6.07, 6.45) is 0.844. The fraction of sp³-hybridized carbons (Fsp3) is 0.462. The Morgan fingerprint density at radius 3 is 2.80 bits per heavy atom. The maximum atomic E-state index is 12.2. The third-order valence-corrected chi connectivity index (χ3v) is 3.93. The van der Waals surface area contributed by atoms with Crippen LogP contribution in [0.1, 0.15) is 35.1 Å². The molecule has 0 aliphatic heterocycles. The third-order valence-electron chi connectivity index (χ3n) is 2.95. The molecule has 0 fully saturated rings. The first kappa shape index (κ1) is 14.6. The number of Topliss-reactive ketones (excluding diaryl/α,β-unsaturated/α-hetero) is 1. The van der Waals surface area contributed by atoms with Crippen molar-refractivity contribution in [1.82, 2.24) is 19.7 Å². The maximum absolute atomic E-state index is 12.2. The van der Waals surface area contributed by atoms with Crippen LogP contribution in [0.2, 0.25) is 0 Å². The second-order valence-electron chi connectivity index (χ2n) is 4.67. The zero-order valence-electron chi connectivity index (χ0n) is 11.8. The van der Waals surface area contributed by atoms with E-state index in [1.807, 2.05) is 26.8 Å². The highest BCUT2D eigenvalue weighted by Crippen LogP contribution is 2.18. The van der Waals surface area contributed by atoms with E-state index in [-0.39, 0.29) is 17.2 Å². The highest BCUT2D eigenvalue weighted by molar-refractivity contribution is 7.99. The molecule has 20 heavy (non-hydrogen) atoms. The van der Waals surface area contributed by atoms with Crippen LogP contribution in [0.15, 0.2) is 16.0 Å². The minimum absolute atomic E-state index is 0.0374. The zero-order valence-corrected chi connectivity index (χ0v) is 12.6. The predicted molar refractivity (Wildman–Crippen MR) is 78.5 cm³/mol. The first-order valence-corrected chi connectivity index (χ1v) is 7.49. The van der Waals surface area contributed by atoms with Crippen molar-refractivity contribution in [1.29, 1.82) is 0 Å². The standard InChI is InChI=1S/C13H18N4O2S/c1-4-5-17-12(19)15-16-13(17)20-7-11(18)10-6-8(2)14-9(10)3/h6,14H,4-5,7H2,1-3H3,(H,15,19). The summed E-state index contributed by atoms with van der Waals surface area (Å²) >= 11 is 1.29. The molecule has 0 aliphatic carbocycles. The van der Waals surface area contributed by atoms with Crippen LogP contribution >= 0.6 is 11.8 Å². The number of nitrogens with one attached hydrogen (secondary N) is 2. The van der Waals surface area contributed by atoms with Crippen LogP contribution in [0.25, 0.3) is 0 Å². The molecular weight excluding hydrogens is 276 g/mol. The summed E-state index contributed by atoms with van der Waals surface area (Å²) in [5, 5.41) is 6.94. The summed E-state index contributed by atoms with van der Waals surface area (Å²) in [5.74, 6) is 0.307. The minimum Gasteiger partial charge on any atom is -0.362 e. The highest BCUT2D eigenvalue weighted by atomic mass is 32.2. The summed E-state index contributed by atoms with van der Waals surface area (Å²) in [5.41, 5.74) is 2.32. The van der Waals surface area contributed by atoms with Gasteiger partial charge in [0.25, 0.3) is 0 Å². The van der Waals surface area contributed by atoms with E-state index in [0.717, 1.165) is 17.8 Å². The Morgan fingerprint density at radius 2 is 2.20 bits per heavy atom. The van der Waals surface area contributed by atoms with Crippen molar-refractivity contribution in [3.63, 3.8) is 0 Å². The predicted octanol–water partition coefficient (Wildman–Crippen LogP) is 1.90. The quantitative estimate of drug-likeness (QED) is 0.629. The summed E-state index contributed by atoms with van der Waals surface area (Å²) in [4.78, 5) is 26.8. The molecule has 7 heteroatoms. The largest absolute Gasteiger partial charge is 0.362 e. The van der Waals surface area contributed by atoms with Gasteiger partial charge in [0.2, 0.25) is 0 Å². The van der Waals surface area contributed by atoms with Gasteiger partial charge in [0.05, 0.1) is 5.75 Å². The Morgan fingerprint density at radius 1 is 1.45 bits per heavy atom. The lowest BCUT2D eigenvalue weighted by molar-refractivity contribution is 0.102. The zero-order chi connectivity index (χ0) is 14.7. The van der Waals surface area contributed by atoms with Gasteiger partial charge in [0, 0.05) is 23.5 Å². The first-order valence-electron chi connectivity index (χ1n) is 6.50. The van der Waals surface area contributed by atoms with Gasteiger partial charge in [-0.05, 0) is 26.3 Å². The number of hydrogen-bond acceptors (Lipinski definition) is 4. The molecule has 0 spiro atoms. The molecule has 0 atom stereocenters. The van der Waals surface area contributed by atoms with Crippen molar-refractivity contribution in [2.24, 2.45) is 0 Å². The number of ketones is 1. The molecule has 0 aliphatic rings. The normalized spacial score (nSPS) is 10.9. The van der Waals surface area contributed by atoms with Gasteiger partial charge in [-0.3, -0.25) is 9.36 Å². The van der Waals surface area contributed by atoms with Crippen LogP contribution in [0.5, 0.6) is 0 Å². The van der Waals surface area contributed by atoms with Crippen molar-refractivity contribution >= 4 is 17.5 Å². The van der Waals surface area contributed by atoms with Gasteiger partial charge in [0.15, 0.2) is 10.9 Å². The second kappa shape index (κ2) is 6.13. The van der Waals surface area contributed by atoms with Gasteiger partial charge in [-0.2, -0.15) is 0 Å². The highest BCUT2D eigenvalue weighted by Gasteiger charge is 2.14. The molecule has 2 N–H and O–H groups in total. The molecule has 0 bridgehead atoms. The lowest BCUT2D eigenvalue weighted by atomic mass is 10.2. The first-order chi connectivity index (χ1) is 9.52. The number of aryl methyl sites for hydroxylation is 2. The van der Waals surface area contributed by atoms with Crippen molar-refractivity contribution in [3.05, 3.63) is 33.5 Å². The Kier molecular flexibility index (Phi) is 4.49. The summed E-state index contributed by atoms with van der Waals surface area (Å²) in [6, 6.07) is 1.85. The average molecular weight is 294 g/mol. The van der Waals surface area contributed by atoms with Crippen molar-refractivity contribution in [2.75, 3.05) is 5.75 Å². The number of thioether (sulfide) groups is 1. The van der Waals surface area contributed by atoms with E-state index in [1.54, 1.807) is 4.57 Å². The van der Waals surface area contributed by atoms with Crippen LogP contribution in [0.3, 0.4) is 0 Å². The summed E-state index contributed by atoms with van der Waals surface area (Å²) in [6.45, 7) is 6.40. The SMILES string of the molecule is CCCn1c(SCC(=O)c2cc(C)[nH]c2C)n[nH]c1=O. The molecule has 2 heterocycles. The van der Waals surface area contributed by atoms with Crippen LogP contribution in [0, 0.1) is 13.8 Å². The topological polar surface area (TPSA) is 83.5 Å². The molecule has 0 radical (unpaired) electrons. The van der Waals surface area contributed by atoms with Gasteiger partial charge in [-0.1, -0.05) is 18.7 Å². The van der Waals surface area contributed by atoms with Gasteiger partial charge >= 0.3 is 5.69 Å². The van der Waals surface area contributed by atoms with Crippen molar-refractivity contribution in [2.45, 2.75) is 38.9 Å². The van der Waals surface area contributed by atoms with E-state index in [9.17, 15) is 9.59 Å². The van der Waals surface area contributed by atoms with E-state index >= 15 is 0 Å². The van der Waals surface area contributed by atoms with Crippen LogP contribution < -0.4 is 5.69 Å². The maximum Gasteiger partial charge on any atom is 0.343 e. The van der Waals surface area contributed by atoms with E-state index in [2.05, 4.69) is 15.2 Å². The molecule has 0 amide bonds. The fourth-order valence-corrected chi connectivity index (χ4v) is 2.91. The van der Waals surface area contributed by atoms with Gasteiger partial charge in [-0.25, -0.2) is 9.89 Å². The monoisotopic (exact) mass is 294 g/mol. The van der Waals surface area contributed by atoms with E-state index in [0.29, 0.717) is 17.3 Å². The Balaban J connectivity index is 2.07. The fourth-order valence-electron chi connectivity index (χ4n) is 2.06. The number of nitrogens with zero attached hydrogens (tertiary/aromatic N) is 2. The Hall–Kier alpha value is -1.76. The van der Waals surface area contributed by atoms with Gasteiger partial charge < -0.3 is 4.98 Å². The number of hydrogen-bond donors (Lipinski definition) is 2. The Labute approximate surface area is 121 Å². The average Bonchev–Trinajstić information content (AvgIpc) is 2.91. The summed E-state index contributed by atoms with van der Waals surface area (Å²) in [7, 11) is 0. The number of rotatable bonds is 6. The van der Waals surface area contributed by atoms with Crippen LogP contribution in [0.4, 0.5) is 0 Å². The molecule has 2 rings (SSSR count). The minimum atomic E-state index is -0.226. The molecule has 0 saturated carbocycles. The van der Waals surface area contributed by atoms with Gasteiger partial charge in [0.1, 0.15) is 0 Å². The van der Waals surface area contributed by atoms with E-state index in [1.165, 1.54) is 11.8 Å². The number of carbonyl (C=O) groups excluding carboxylic acids is 1. The third kappa shape index (κ3) is 3.04. The number of H-pyrrole nitrogens is 2. The Bertz CT molecular complexity index is 668. The van der Waals surface area contributed by atoms with E-state index in [4.69, 9.17) is 0 Å². The molecule has 108 valence electrons. The molecule has 2 aromatic heterocycles. The van der Waals surface area contributed by atoms with E-state index < -0.39 is 0 Å². The molecule has 2 aromatic rings. The number of carbonyl (C=O) groups is 1. The second-order valence-corrected chi connectivity index (χ2v) is 5.61. The number of aromatic nitrogens is 4. The molecule has 6 nitrogen and oxygen atoms in total. The van der Waals surface area contributed by atoms with Crippen LogP contribution in [-0.4, -0.2) is 31.3 Å². The summed E-state index contributed by atoms with van der Waals surface area (Å²) < 4.78 is 1.56. The van der Waals surface area contributed by atoms with Crippen molar-refractivity contribution < 1.29 is 4.79 Å². The lowest BCUT2D eigenvalue weighted by Crippen LogP contribution is -2.17. The number of aromatic amines is 2. The lowest BCUT2D eigenvalue weighted by Gasteiger charge is -2.03.